The Morgan fingerprint density at radius 1 is 0.966 bits per heavy atom. The van der Waals surface area contributed by atoms with Gasteiger partial charge in [0.1, 0.15) is 54.7 Å². The fraction of sp³-hybridized carbons (Fsp3) is 0.674. The maximum atomic E-state index is 13.3. The molecule has 0 bridgehead atoms. The fourth-order valence-electron chi connectivity index (χ4n) is 7.31. The lowest BCUT2D eigenvalue weighted by atomic mass is 9.86. The van der Waals surface area contributed by atoms with Gasteiger partial charge in [-0.3, -0.25) is 4.79 Å². The summed E-state index contributed by atoms with van der Waals surface area (Å²) in [5.41, 5.74) is 0.140. The summed E-state index contributed by atoms with van der Waals surface area (Å²) < 4.78 is 34.7. The Kier molecular flexibility index (Phi) is 18.8. The summed E-state index contributed by atoms with van der Waals surface area (Å²) in [7, 11) is 0. The quantitative estimate of drug-likeness (QED) is 0.0291. The molecule has 0 aliphatic carbocycles. The minimum atomic E-state index is -2.25. The van der Waals surface area contributed by atoms with Crippen molar-refractivity contribution >= 4 is 11.9 Å². The van der Waals surface area contributed by atoms with Gasteiger partial charge in [0, 0.05) is 18.6 Å². The zero-order valence-electron chi connectivity index (χ0n) is 34.4. The number of phenols is 2. The lowest BCUT2D eigenvalue weighted by molar-refractivity contribution is -0.395. The lowest BCUT2D eigenvalue weighted by Gasteiger charge is -2.50. The van der Waals surface area contributed by atoms with Gasteiger partial charge in [-0.2, -0.15) is 0 Å². The zero-order chi connectivity index (χ0) is 43.3. The molecule has 2 saturated heterocycles. The Bertz CT molecular complexity index is 1580. The molecule has 332 valence electrons. The van der Waals surface area contributed by atoms with E-state index in [0.29, 0.717) is 18.8 Å². The zero-order valence-corrected chi connectivity index (χ0v) is 34.4. The van der Waals surface area contributed by atoms with Gasteiger partial charge in [-0.1, -0.05) is 77.3 Å². The molecule has 0 aromatic heterocycles. The first-order valence-corrected chi connectivity index (χ1v) is 20.7. The number of hydrogen-bond donors (Lipinski definition) is 8. The van der Waals surface area contributed by atoms with Crippen LogP contribution in [0.2, 0.25) is 0 Å². The molecule has 0 radical (unpaired) electrons. The Hall–Kier alpha value is -3.42. The van der Waals surface area contributed by atoms with E-state index in [1.165, 1.54) is 12.1 Å². The molecule has 16 heteroatoms. The molecular formula is C43H64O16. The van der Waals surface area contributed by atoms with Crippen LogP contribution in [0.1, 0.15) is 96.6 Å². The highest BCUT2D eigenvalue weighted by Gasteiger charge is 2.63. The molecule has 0 amide bonds. The summed E-state index contributed by atoms with van der Waals surface area (Å²) in [6, 6.07) is 2.28. The number of esters is 2. The number of ether oxygens (including phenoxy) is 6. The minimum Gasteiger partial charge on any atom is -0.508 e. The molecule has 1 aromatic rings. The van der Waals surface area contributed by atoms with Crippen molar-refractivity contribution in [3.8, 4) is 11.5 Å². The van der Waals surface area contributed by atoms with Crippen LogP contribution in [-0.4, -0.2) is 127 Å². The van der Waals surface area contributed by atoms with Crippen LogP contribution in [0.5, 0.6) is 11.5 Å². The number of carbonyl (C=O) groups is 2. The molecule has 2 fully saturated rings. The fourth-order valence-corrected chi connectivity index (χ4v) is 7.31. The highest BCUT2D eigenvalue weighted by molar-refractivity contribution is 5.82. The van der Waals surface area contributed by atoms with Crippen LogP contribution in [-0.2, 0) is 50.4 Å². The SMILES string of the molecule is CCCCCC(=O)OCC1OC(OC2C(CO)OC3(OCc4cc(O)cc(O)c43)C(O)C2OC(=O)/C=C/C=C/CC(O)C(C)CCC/C=C/C(C)CC)C(O)C(O)C1O. The largest absolute Gasteiger partial charge is 0.508 e. The second kappa shape index (κ2) is 23.0. The van der Waals surface area contributed by atoms with E-state index in [4.69, 9.17) is 28.4 Å². The molecule has 4 rings (SSSR count). The number of aliphatic hydroxyl groups is 6. The summed E-state index contributed by atoms with van der Waals surface area (Å²) in [6.45, 7) is 6.64. The first-order chi connectivity index (χ1) is 28.2. The number of unbranched alkanes of at least 4 members (excludes halogenated alkanes) is 3. The van der Waals surface area contributed by atoms with Crippen LogP contribution in [0.15, 0.2) is 48.6 Å². The highest BCUT2D eigenvalue weighted by atomic mass is 16.8. The van der Waals surface area contributed by atoms with E-state index in [-0.39, 0.29) is 35.8 Å². The Morgan fingerprint density at radius 2 is 1.73 bits per heavy atom. The van der Waals surface area contributed by atoms with E-state index in [0.717, 1.165) is 50.7 Å². The average Bonchev–Trinajstić information content (AvgIpc) is 3.58. The summed E-state index contributed by atoms with van der Waals surface area (Å²) in [4.78, 5) is 25.6. The van der Waals surface area contributed by atoms with E-state index in [1.807, 2.05) is 13.8 Å². The van der Waals surface area contributed by atoms with Gasteiger partial charge < -0.3 is 69.3 Å². The molecule has 1 aromatic carbocycles. The molecular weight excluding hydrogens is 772 g/mol. The van der Waals surface area contributed by atoms with Crippen LogP contribution < -0.4 is 0 Å². The summed E-state index contributed by atoms with van der Waals surface area (Å²) in [5, 5.41) is 86.5. The van der Waals surface area contributed by atoms with Crippen LogP contribution in [0.4, 0.5) is 0 Å². The van der Waals surface area contributed by atoms with Crippen LogP contribution in [0.3, 0.4) is 0 Å². The molecule has 8 N–H and O–H groups in total. The van der Waals surface area contributed by atoms with E-state index >= 15 is 0 Å². The van der Waals surface area contributed by atoms with Crippen molar-refractivity contribution in [2.45, 2.75) is 159 Å². The molecule has 3 aliphatic rings. The first kappa shape index (κ1) is 48.2. The van der Waals surface area contributed by atoms with Gasteiger partial charge in [0.05, 0.1) is 24.9 Å². The molecule has 0 saturated carbocycles. The van der Waals surface area contributed by atoms with Crippen molar-refractivity contribution in [3.63, 3.8) is 0 Å². The van der Waals surface area contributed by atoms with Gasteiger partial charge in [0.15, 0.2) is 18.5 Å². The molecule has 3 aliphatic heterocycles. The van der Waals surface area contributed by atoms with Crippen molar-refractivity contribution in [2.75, 3.05) is 13.2 Å². The van der Waals surface area contributed by atoms with Crippen LogP contribution in [0.25, 0.3) is 0 Å². The predicted molar refractivity (Wildman–Crippen MR) is 211 cm³/mol. The van der Waals surface area contributed by atoms with Crippen molar-refractivity contribution < 1.29 is 78.9 Å². The summed E-state index contributed by atoms with van der Waals surface area (Å²) >= 11 is 0. The van der Waals surface area contributed by atoms with E-state index in [1.54, 1.807) is 12.2 Å². The van der Waals surface area contributed by atoms with Gasteiger partial charge in [0.25, 0.3) is 0 Å². The maximum absolute atomic E-state index is 13.3. The number of aromatic hydroxyl groups is 2. The Balaban J connectivity index is 1.50. The van der Waals surface area contributed by atoms with Gasteiger partial charge in [-0.25, -0.2) is 4.79 Å². The van der Waals surface area contributed by atoms with Gasteiger partial charge in [-0.05, 0) is 55.6 Å². The van der Waals surface area contributed by atoms with Gasteiger partial charge in [-0.15, -0.1) is 0 Å². The molecule has 16 nitrogen and oxygen atoms in total. The normalized spacial score (nSPS) is 31.2. The van der Waals surface area contributed by atoms with Gasteiger partial charge >= 0.3 is 11.9 Å². The predicted octanol–water partition coefficient (Wildman–Crippen LogP) is 3.03. The molecule has 13 atom stereocenters. The number of phenolic OH excluding ortho intramolecular Hbond substituents is 2. The lowest BCUT2D eigenvalue weighted by Crippen LogP contribution is -2.67. The van der Waals surface area contributed by atoms with E-state index in [9.17, 15) is 50.4 Å². The number of aliphatic hydroxyl groups excluding tert-OH is 6. The Morgan fingerprint density at radius 3 is 2.44 bits per heavy atom. The molecule has 3 heterocycles. The monoisotopic (exact) mass is 836 g/mol. The first-order valence-electron chi connectivity index (χ1n) is 20.7. The topological polar surface area (TPSA) is 251 Å². The van der Waals surface area contributed by atoms with E-state index < -0.39 is 97.9 Å². The number of carbonyl (C=O) groups excluding carboxylic acids is 2. The van der Waals surface area contributed by atoms with Crippen LogP contribution in [0, 0.1) is 11.8 Å². The average molecular weight is 837 g/mol. The highest BCUT2D eigenvalue weighted by Crippen LogP contribution is 2.51. The van der Waals surface area contributed by atoms with Crippen molar-refractivity contribution in [2.24, 2.45) is 11.8 Å². The molecule has 59 heavy (non-hydrogen) atoms. The smallest absolute Gasteiger partial charge is 0.331 e. The third-order valence-corrected chi connectivity index (χ3v) is 11.1. The van der Waals surface area contributed by atoms with Crippen LogP contribution >= 0.6 is 0 Å². The molecule has 13 unspecified atom stereocenters. The van der Waals surface area contributed by atoms with Crippen molar-refractivity contribution in [1.29, 1.82) is 0 Å². The third kappa shape index (κ3) is 12.6. The van der Waals surface area contributed by atoms with Crippen molar-refractivity contribution in [1.82, 2.24) is 0 Å². The minimum absolute atomic E-state index is 0.0487. The standard InChI is InChI=1S/C43H64O16/c1-5-7-10-18-33(48)54-24-32-36(50)37(51)38(52)42(56-32)58-39-31(22-44)59-43(35-27(23-55-43)20-28(45)21-30(35)47)41(53)40(39)57-34(49)19-14-9-13-17-29(46)26(4)16-12-8-11-15-25(3)6-2/h9,11,13-15,19-21,25-26,29,31-32,36-42,44-47,50-53H,5-8,10,12,16-18,22-24H2,1-4H3/b13-9+,15-11+,19-14+. The second-order valence-corrected chi connectivity index (χ2v) is 15.7. The molecule has 1 spiro atoms. The Labute approximate surface area is 345 Å². The number of hydrogen-bond acceptors (Lipinski definition) is 16. The number of allylic oxidation sites excluding steroid dienone is 4. The maximum Gasteiger partial charge on any atom is 0.331 e. The summed E-state index contributed by atoms with van der Waals surface area (Å²) in [5.74, 6) is -4.04. The van der Waals surface area contributed by atoms with Crippen molar-refractivity contribution in [3.05, 3.63) is 59.7 Å². The number of fused-ring (bicyclic) bond motifs is 2. The number of rotatable bonds is 21. The third-order valence-electron chi connectivity index (χ3n) is 11.1. The summed E-state index contributed by atoms with van der Waals surface area (Å²) in [6.07, 6.45) is 0.368. The van der Waals surface area contributed by atoms with Gasteiger partial charge in [0.2, 0.25) is 5.79 Å². The van der Waals surface area contributed by atoms with E-state index in [2.05, 4.69) is 26.0 Å². The number of benzene rings is 1. The second-order valence-electron chi connectivity index (χ2n) is 15.7.